The molecule has 0 atom stereocenters. The van der Waals surface area contributed by atoms with E-state index in [1.54, 1.807) is 0 Å². The lowest BCUT2D eigenvalue weighted by Gasteiger charge is -2.12. The molecule has 6 nitrogen and oxygen atoms in total. The number of benzene rings is 2. The lowest BCUT2D eigenvalue weighted by Crippen LogP contribution is -2.28. The zero-order valence-electron chi connectivity index (χ0n) is 14.9. The molecule has 0 fully saturated rings. The van der Waals surface area contributed by atoms with Crippen LogP contribution in [0.5, 0.6) is 5.75 Å². The number of halogens is 1. The van der Waals surface area contributed by atoms with Gasteiger partial charge in [-0.1, -0.05) is 33.2 Å². The largest absolute Gasteiger partial charge is 0.491 e. The number of anilines is 1. The van der Waals surface area contributed by atoms with Crippen molar-refractivity contribution in [3.05, 3.63) is 58.9 Å². The van der Waals surface area contributed by atoms with E-state index in [0.717, 1.165) is 21.5 Å². The Bertz CT molecular complexity index is 912. The molecule has 0 aliphatic carbocycles. The van der Waals surface area contributed by atoms with E-state index < -0.39 is 0 Å². The first-order valence-electron chi connectivity index (χ1n) is 8.39. The van der Waals surface area contributed by atoms with Crippen molar-refractivity contribution in [1.82, 2.24) is 15.5 Å². The molecule has 2 N–H and O–H groups in total. The van der Waals surface area contributed by atoms with E-state index in [1.807, 2.05) is 62.4 Å². The van der Waals surface area contributed by atoms with E-state index in [0.29, 0.717) is 23.4 Å². The summed E-state index contributed by atoms with van der Waals surface area (Å²) in [6.45, 7) is 4.32. The summed E-state index contributed by atoms with van der Waals surface area (Å²) < 4.78 is 11.8. The SMILES string of the molecule is CC(C)Oc1ccc(NC(=S)NCc2nc(-c3cccc(Br)c3)no2)cc1. The molecule has 0 radical (unpaired) electrons. The van der Waals surface area contributed by atoms with Gasteiger partial charge in [0.2, 0.25) is 11.7 Å². The van der Waals surface area contributed by atoms with Gasteiger partial charge in [-0.2, -0.15) is 4.98 Å². The number of hydrogen-bond acceptors (Lipinski definition) is 5. The second kappa shape index (κ2) is 8.96. The Balaban J connectivity index is 1.52. The molecule has 1 aromatic heterocycles. The van der Waals surface area contributed by atoms with Gasteiger partial charge in [0.05, 0.1) is 12.6 Å². The molecule has 2 aromatic carbocycles. The molecular weight excluding hydrogens is 428 g/mol. The van der Waals surface area contributed by atoms with Crippen LogP contribution in [0.2, 0.25) is 0 Å². The summed E-state index contributed by atoms with van der Waals surface area (Å²) in [6, 6.07) is 15.3. The van der Waals surface area contributed by atoms with Crippen LogP contribution in [0.25, 0.3) is 11.4 Å². The van der Waals surface area contributed by atoms with Crippen molar-refractivity contribution >= 4 is 38.9 Å². The normalized spacial score (nSPS) is 10.7. The molecule has 0 bridgehead atoms. The molecular formula is C19H19BrN4O2S. The number of aromatic nitrogens is 2. The Hall–Kier alpha value is -2.45. The van der Waals surface area contributed by atoms with E-state index in [9.17, 15) is 0 Å². The quantitative estimate of drug-likeness (QED) is 0.528. The molecule has 0 unspecified atom stereocenters. The lowest BCUT2D eigenvalue weighted by molar-refractivity contribution is 0.242. The van der Waals surface area contributed by atoms with Gasteiger partial charge in [-0.05, 0) is 62.5 Å². The highest BCUT2D eigenvalue weighted by atomic mass is 79.9. The predicted molar refractivity (Wildman–Crippen MR) is 113 cm³/mol. The van der Waals surface area contributed by atoms with Crippen LogP contribution in [0.1, 0.15) is 19.7 Å². The number of rotatable bonds is 6. The summed E-state index contributed by atoms with van der Waals surface area (Å²) in [5.41, 5.74) is 1.74. The van der Waals surface area contributed by atoms with E-state index >= 15 is 0 Å². The molecule has 0 spiro atoms. The summed E-state index contributed by atoms with van der Waals surface area (Å²) in [5, 5.41) is 10.6. The molecule has 0 amide bonds. The van der Waals surface area contributed by atoms with Crippen molar-refractivity contribution in [2.75, 3.05) is 5.32 Å². The van der Waals surface area contributed by atoms with Crippen LogP contribution in [-0.2, 0) is 6.54 Å². The topological polar surface area (TPSA) is 72.2 Å². The zero-order valence-corrected chi connectivity index (χ0v) is 17.3. The fourth-order valence-electron chi connectivity index (χ4n) is 2.29. The maximum atomic E-state index is 5.62. The molecule has 0 aliphatic heterocycles. The summed E-state index contributed by atoms with van der Waals surface area (Å²) in [5.74, 6) is 1.81. The Kier molecular flexibility index (Phi) is 6.41. The molecule has 3 rings (SSSR count). The fourth-order valence-corrected chi connectivity index (χ4v) is 2.88. The predicted octanol–water partition coefficient (Wildman–Crippen LogP) is 4.77. The summed E-state index contributed by atoms with van der Waals surface area (Å²) in [7, 11) is 0. The first kappa shape index (κ1) is 19.3. The molecule has 0 saturated carbocycles. The highest BCUT2D eigenvalue weighted by molar-refractivity contribution is 9.10. The molecule has 0 aliphatic rings. The lowest BCUT2D eigenvalue weighted by atomic mass is 10.2. The molecule has 1 heterocycles. The van der Waals surface area contributed by atoms with E-state index in [4.69, 9.17) is 21.5 Å². The second-order valence-corrected chi connectivity index (χ2v) is 7.34. The summed E-state index contributed by atoms with van der Waals surface area (Å²) >= 11 is 8.74. The minimum atomic E-state index is 0.142. The molecule has 3 aromatic rings. The van der Waals surface area contributed by atoms with Crippen LogP contribution < -0.4 is 15.4 Å². The summed E-state index contributed by atoms with van der Waals surface area (Å²) in [6.07, 6.45) is 0.142. The van der Waals surface area contributed by atoms with Crippen LogP contribution in [0.3, 0.4) is 0 Å². The van der Waals surface area contributed by atoms with Gasteiger partial charge in [-0.15, -0.1) is 0 Å². The first-order chi connectivity index (χ1) is 13.0. The fraction of sp³-hybridized carbons (Fsp3) is 0.211. The average Bonchev–Trinajstić information content (AvgIpc) is 3.10. The number of thiocarbonyl (C=S) groups is 1. The van der Waals surface area contributed by atoms with Crippen LogP contribution in [0.15, 0.2) is 57.5 Å². The smallest absolute Gasteiger partial charge is 0.246 e. The highest BCUT2D eigenvalue weighted by Gasteiger charge is 2.09. The first-order valence-corrected chi connectivity index (χ1v) is 9.60. The van der Waals surface area contributed by atoms with Gasteiger partial charge in [0, 0.05) is 15.7 Å². The average molecular weight is 447 g/mol. The third-order valence-corrected chi connectivity index (χ3v) is 4.17. The third-order valence-electron chi connectivity index (χ3n) is 3.44. The van der Waals surface area contributed by atoms with Gasteiger partial charge in [-0.25, -0.2) is 0 Å². The van der Waals surface area contributed by atoms with Gasteiger partial charge in [0.1, 0.15) is 5.75 Å². The maximum Gasteiger partial charge on any atom is 0.246 e. The van der Waals surface area contributed by atoms with Gasteiger partial charge in [0.15, 0.2) is 5.11 Å². The van der Waals surface area contributed by atoms with Gasteiger partial charge in [0.25, 0.3) is 0 Å². The molecule has 27 heavy (non-hydrogen) atoms. The number of nitrogens with one attached hydrogen (secondary N) is 2. The second-order valence-electron chi connectivity index (χ2n) is 6.02. The maximum absolute atomic E-state index is 5.62. The van der Waals surface area contributed by atoms with Crippen molar-refractivity contribution in [2.45, 2.75) is 26.5 Å². The molecule has 8 heteroatoms. The summed E-state index contributed by atoms with van der Waals surface area (Å²) in [4.78, 5) is 4.37. The third kappa shape index (κ3) is 5.77. The van der Waals surface area contributed by atoms with Crippen molar-refractivity contribution in [3.63, 3.8) is 0 Å². The van der Waals surface area contributed by atoms with E-state index in [2.05, 4.69) is 36.7 Å². The highest BCUT2D eigenvalue weighted by Crippen LogP contribution is 2.20. The van der Waals surface area contributed by atoms with E-state index in [-0.39, 0.29) is 6.10 Å². The van der Waals surface area contributed by atoms with Crippen LogP contribution in [0, 0.1) is 0 Å². The van der Waals surface area contributed by atoms with Crippen LogP contribution in [0.4, 0.5) is 5.69 Å². The van der Waals surface area contributed by atoms with Crippen LogP contribution >= 0.6 is 28.1 Å². The van der Waals surface area contributed by atoms with Gasteiger partial charge >= 0.3 is 0 Å². The van der Waals surface area contributed by atoms with Crippen molar-refractivity contribution in [2.24, 2.45) is 0 Å². The minimum Gasteiger partial charge on any atom is -0.491 e. The van der Waals surface area contributed by atoms with Crippen molar-refractivity contribution < 1.29 is 9.26 Å². The van der Waals surface area contributed by atoms with Crippen molar-refractivity contribution in [1.29, 1.82) is 0 Å². The Labute approximate surface area is 171 Å². The number of nitrogens with zero attached hydrogens (tertiary/aromatic N) is 2. The van der Waals surface area contributed by atoms with E-state index in [1.165, 1.54) is 0 Å². The monoisotopic (exact) mass is 446 g/mol. The molecule has 140 valence electrons. The zero-order chi connectivity index (χ0) is 19.2. The van der Waals surface area contributed by atoms with Crippen molar-refractivity contribution in [3.8, 4) is 17.1 Å². The Morgan fingerprint density at radius 2 is 2.00 bits per heavy atom. The Morgan fingerprint density at radius 1 is 1.22 bits per heavy atom. The van der Waals surface area contributed by atoms with Gasteiger partial charge < -0.3 is 19.9 Å². The number of ether oxygens (including phenoxy) is 1. The van der Waals surface area contributed by atoms with Gasteiger partial charge in [-0.3, -0.25) is 0 Å². The number of hydrogen-bond donors (Lipinski definition) is 2. The molecule has 0 saturated heterocycles. The van der Waals surface area contributed by atoms with Crippen LogP contribution in [-0.4, -0.2) is 21.4 Å². The minimum absolute atomic E-state index is 0.142. The standard InChI is InChI=1S/C19H19BrN4O2S/c1-12(2)25-16-8-6-15(7-9-16)22-19(27)21-11-17-23-18(24-26-17)13-4-3-5-14(20)10-13/h3-10,12H,11H2,1-2H3,(H2,21,22,27). The Morgan fingerprint density at radius 3 is 2.70 bits per heavy atom.